The Labute approximate surface area is 335 Å². The van der Waals surface area contributed by atoms with Gasteiger partial charge < -0.3 is 9.73 Å². The molecule has 9 aromatic carbocycles. The van der Waals surface area contributed by atoms with Gasteiger partial charge >= 0.3 is 0 Å². The highest BCUT2D eigenvalue weighted by atomic mass is 16.3. The monoisotopic (exact) mass is 741 g/mol. The molecule has 4 heteroatoms. The van der Waals surface area contributed by atoms with E-state index >= 15 is 0 Å². The first-order valence-electron chi connectivity index (χ1n) is 19.9. The summed E-state index contributed by atoms with van der Waals surface area (Å²) in [5.41, 5.74) is 13.5. The number of hydrogen-bond acceptors (Lipinski definition) is 4. The second-order valence-electron chi connectivity index (χ2n) is 15.3. The van der Waals surface area contributed by atoms with Crippen LogP contribution >= 0.6 is 0 Å². The van der Waals surface area contributed by atoms with Crippen LogP contribution in [-0.4, -0.2) is 11.7 Å². The third-order valence-corrected chi connectivity index (χ3v) is 12.0. The van der Waals surface area contributed by atoms with Crippen LogP contribution in [0.1, 0.15) is 45.5 Å². The fraction of sp³-hybridized carbons (Fsp3) is 0.0370. The molecule has 0 spiro atoms. The van der Waals surface area contributed by atoms with Crippen LogP contribution in [0.25, 0.3) is 65.7 Å². The highest BCUT2D eigenvalue weighted by Crippen LogP contribution is 2.52. The van der Waals surface area contributed by atoms with E-state index in [-0.39, 0.29) is 5.92 Å². The molecule has 272 valence electrons. The van der Waals surface area contributed by atoms with Crippen molar-refractivity contribution >= 4 is 55.2 Å². The average molecular weight is 742 g/mol. The third kappa shape index (κ3) is 5.23. The van der Waals surface area contributed by atoms with E-state index in [2.05, 4.69) is 181 Å². The van der Waals surface area contributed by atoms with Gasteiger partial charge in [-0.15, -0.1) is 0 Å². The van der Waals surface area contributed by atoms with Gasteiger partial charge in [0, 0.05) is 33.4 Å². The summed E-state index contributed by atoms with van der Waals surface area (Å²) in [7, 11) is 0. The van der Waals surface area contributed by atoms with Gasteiger partial charge in [0.2, 0.25) is 0 Å². The molecule has 2 aliphatic rings. The van der Waals surface area contributed by atoms with Crippen molar-refractivity contribution in [3.63, 3.8) is 0 Å². The van der Waals surface area contributed by atoms with Gasteiger partial charge in [-0.1, -0.05) is 164 Å². The van der Waals surface area contributed by atoms with Crippen LogP contribution in [0.2, 0.25) is 0 Å². The lowest BCUT2D eigenvalue weighted by atomic mass is 9.87. The Balaban J connectivity index is 1.03. The van der Waals surface area contributed by atoms with Gasteiger partial charge in [0.25, 0.3) is 0 Å². The summed E-state index contributed by atoms with van der Waals surface area (Å²) in [6.45, 7) is 0. The molecule has 1 aliphatic carbocycles. The van der Waals surface area contributed by atoms with Crippen LogP contribution in [-0.2, 0) is 0 Å². The summed E-state index contributed by atoms with van der Waals surface area (Å²) in [4.78, 5) is 10.5. The summed E-state index contributed by atoms with van der Waals surface area (Å²) >= 11 is 0. The second kappa shape index (κ2) is 13.0. The normalized spacial score (nSPS) is 15.9. The Bertz CT molecular complexity index is 3320. The molecule has 0 fully saturated rings. The summed E-state index contributed by atoms with van der Waals surface area (Å²) in [5, 5.41) is 10.6. The first kappa shape index (κ1) is 32.7. The van der Waals surface area contributed by atoms with Crippen molar-refractivity contribution in [2.45, 2.75) is 12.1 Å². The SMILES string of the molecule is c1ccc(-c2ccc3c(c2)-c2cc4ccccc4cc2C3c2cccc3c2oc2cccc(C4=NC(c5ccccc5)N=C(c5ccc6ccccc6c5)N4)c23)cc1. The predicted octanol–water partition coefficient (Wildman–Crippen LogP) is 13.2. The molecule has 0 saturated heterocycles. The quantitative estimate of drug-likeness (QED) is 0.191. The van der Waals surface area contributed by atoms with E-state index in [0.717, 1.165) is 55.9 Å². The summed E-state index contributed by atoms with van der Waals surface area (Å²) in [5.74, 6) is 1.55. The molecule has 2 atom stereocenters. The molecule has 1 aliphatic heterocycles. The minimum Gasteiger partial charge on any atom is -0.456 e. The second-order valence-corrected chi connectivity index (χ2v) is 15.3. The van der Waals surface area contributed by atoms with Gasteiger partial charge in [-0.25, -0.2) is 9.98 Å². The van der Waals surface area contributed by atoms with Crippen LogP contribution in [0.4, 0.5) is 0 Å². The highest BCUT2D eigenvalue weighted by Gasteiger charge is 2.33. The number of para-hydroxylation sites is 1. The van der Waals surface area contributed by atoms with Gasteiger partial charge in [0.15, 0.2) is 6.17 Å². The molecular weight excluding hydrogens is 707 g/mol. The fourth-order valence-corrected chi connectivity index (χ4v) is 9.22. The summed E-state index contributed by atoms with van der Waals surface area (Å²) in [6.07, 6.45) is -0.412. The van der Waals surface area contributed by atoms with E-state index in [9.17, 15) is 0 Å². The first-order chi connectivity index (χ1) is 28.7. The summed E-state index contributed by atoms with van der Waals surface area (Å²) < 4.78 is 7.00. The molecular formula is C54H35N3O. The predicted molar refractivity (Wildman–Crippen MR) is 239 cm³/mol. The van der Waals surface area contributed by atoms with E-state index in [4.69, 9.17) is 14.4 Å². The zero-order valence-electron chi connectivity index (χ0n) is 31.4. The Hall–Kier alpha value is -7.56. The molecule has 1 N–H and O–H groups in total. The molecule has 4 nitrogen and oxygen atoms in total. The van der Waals surface area contributed by atoms with Crippen LogP contribution < -0.4 is 5.32 Å². The Morgan fingerprint density at radius 1 is 0.414 bits per heavy atom. The molecule has 0 amide bonds. The van der Waals surface area contributed by atoms with Crippen molar-refractivity contribution in [1.82, 2.24) is 5.32 Å². The lowest BCUT2D eigenvalue weighted by molar-refractivity contribution is 0.661. The van der Waals surface area contributed by atoms with Crippen molar-refractivity contribution in [2.75, 3.05) is 0 Å². The Morgan fingerprint density at radius 3 is 1.91 bits per heavy atom. The minimum absolute atomic E-state index is 0.00797. The van der Waals surface area contributed by atoms with Crippen LogP contribution in [0.15, 0.2) is 209 Å². The number of amidine groups is 2. The number of hydrogen-bond donors (Lipinski definition) is 1. The number of nitrogens with one attached hydrogen (secondary N) is 1. The van der Waals surface area contributed by atoms with E-state index in [1.165, 1.54) is 54.9 Å². The van der Waals surface area contributed by atoms with Crippen molar-refractivity contribution in [3.8, 4) is 22.3 Å². The molecule has 0 saturated carbocycles. The standard InChI is InChI=1S/C54H35N3O/c1-3-13-33(14-4-1)39-27-28-41-45(31-39)46-30-37-19-9-10-20-38(37)32-47(46)49(41)42-21-11-22-43-50-44(23-12-24-48(50)58-51(42)43)54-56-52(35-16-5-2-6-17-35)55-53(57-54)40-26-25-34-15-7-8-18-36(34)29-40/h1-32,49,52H,(H,55,56,57). The maximum atomic E-state index is 7.00. The molecule has 2 unspecified atom stereocenters. The minimum atomic E-state index is -0.412. The number of rotatable bonds is 5. The number of furan rings is 1. The third-order valence-electron chi connectivity index (χ3n) is 12.0. The van der Waals surface area contributed by atoms with Gasteiger partial charge in [0.05, 0.1) is 0 Å². The maximum Gasteiger partial charge on any atom is 0.169 e. The van der Waals surface area contributed by atoms with Gasteiger partial charge in [-0.05, 0) is 90.8 Å². The van der Waals surface area contributed by atoms with Gasteiger partial charge in [-0.2, -0.15) is 0 Å². The highest BCUT2D eigenvalue weighted by molar-refractivity contribution is 6.24. The summed E-state index contributed by atoms with van der Waals surface area (Å²) in [6, 6.07) is 69.3. The van der Waals surface area contributed by atoms with Crippen molar-refractivity contribution in [1.29, 1.82) is 0 Å². The van der Waals surface area contributed by atoms with Gasteiger partial charge in [-0.3, -0.25) is 0 Å². The smallest absolute Gasteiger partial charge is 0.169 e. The van der Waals surface area contributed by atoms with Crippen molar-refractivity contribution in [3.05, 3.63) is 228 Å². The topological polar surface area (TPSA) is 49.9 Å². The molecule has 58 heavy (non-hydrogen) atoms. The number of fused-ring (bicyclic) bond motifs is 8. The van der Waals surface area contributed by atoms with Crippen molar-refractivity contribution in [2.24, 2.45) is 9.98 Å². The Morgan fingerprint density at radius 2 is 1.09 bits per heavy atom. The number of benzene rings is 9. The number of nitrogens with zero attached hydrogens (tertiary/aromatic N) is 2. The zero-order valence-corrected chi connectivity index (χ0v) is 31.4. The first-order valence-corrected chi connectivity index (χ1v) is 19.9. The molecule has 0 radical (unpaired) electrons. The van der Waals surface area contributed by atoms with Gasteiger partial charge in [0.1, 0.15) is 22.8 Å². The van der Waals surface area contributed by atoms with E-state index in [1.807, 2.05) is 18.2 Å². The molecule has 2 heterocycles. The average Bonchev–Trinajstić information content (AvgIpc) is 3.84. The number of aliphatic imine (C=N–C) groups is 2. The largest absolute Gasteiger partial charge is 0.456 e. The lowest BCUT2D eigenvalue weighted by Crippen LogP contribution is -2.36. The molecule has 10 aromatic rings. The van der Waals surface area contributed by atoms with Crippen LogP contribution in [0.5, 0.6) is 0 Å². The van der Waals surface area contributed by atoms with Crippen LogP contribution in [0, 0.1) is 0 Å². The molecule has 12 rings (SSSR count). The van der Waals surface area contributed by atoms with Crippen LogP contribution in [0.3, 0.4) is 0 Å². The Kier molecular flexibility index (Phi) is 7.32. The maximum absolute atomic E-state index is 7.00. The molecule has 1 aromatic heterocycles. The zero-order chi connectivity index (χ0) is 38.2. The fourth-order valence-electron chi connectivity index (χ4n) is 9.22. The van der Waals surface area contributed by atoms with E-state index in [1.54, 1.807) is 0 Å². The lowest BCUT2D eigenvalue weighted by Gasteiger charge is -2.23. The van der Waals surface area contributed by atoms with E-state index in [0.29, 0.717) is 0 Å². The van der Waals surface area contributed by atoms with E-state index < -0.39 is 6.17 Å². The van der Waals surface area contributed by atoms with Crippen molar-refractivity contribution < 1.29 is 4.42 Å². The molecule has 0 bridgehead atoms.